The molecule has 0 amide bonds. The van der Waals surface area contributed by atoms with Gasteiger partial charge in [-0.1, -0.05) is 41.5 Å². The monoisotopic (exact) mass is 1170 g/mol. The molecule has 0 aromatic carbocycles. The fraction of sp³-hybridized carbons (Fsp3) is 1.00. The number of aliphatic hydroxyl groups is 4. The largest absolute Gasteiger partial charge is 0.394 e. The third kappa shape index (κ3) is 9.48. The van der Waals surface area contributed by atoms with E-state index in [0.29, 0.717) is 0 Å². The van der Waals surface area contributed by atoms with Crippen LogP contribution in [-0.2, 0) is 23.7 Å². The number of aliphatic hydroxyl groups excluding tert-OH is 4. The molecule has 3 aliphatic heterocycles. The van der Waals surface area contributed by atoms with Crippen LogP contribution in [0.4, 0.5) is 0 Å². The van der Waals surface area contributed by atoms with E-state index in [9.17, 15) is 20.4 Å². The Hall–Kier alpha value is 3.96. The Labute approximate surface area is 329 Å². The maximum absolute atomic E-state index is 10.4. The van der Waals surface area contributed by atoms with Crippen LogP contribution in [0.2, 0.25) is 0 Å². The quantitative estimate of drug-likeness (QED) is 0.298. The van der Waals surface area contributed by atoms with Crippen molar-refractivity contribution in [3.8, 4) is 0 Å². The molecular formula is C25H46Ac3O9. The molecule has 0 bridgehead atoms. The summed E-state index contributed by atoms with van der Waals surface area (Å²) < 4.78 is 30.9. The standard InChI is InChI=1S/C25H46O9.3Ac/c1-11-13(3)22(19(9-27)30-17(11)7)33-25-16(6)14(4)23(20(10-28)32-25)34-24-15(5)12(2)21(29)18(8-26)31-24;;;/h11-29H,8-10H2,1-7H3;;;/t11?,12-,13-,14-,15?,16?,17+,18?,19?,20?,21-,22-,23-,24+,25+;;;/m1.../s1. The Bertz CT molecular complexity index is 645. The van der Waals surface area contributed by atoms with Gasteiger partial charge in [-0.3, -0.25) is 0 Å². The van der Waals surface area contributed by atoms with Crippen LogP contribution >= 0.6 is 0 Å². The number of hydrogen-bond acceptors (Lipinski definition) is 9. The zero-order valence-electron chi connectivity index (χ0n) is 23.3. The van der Waals surface area contributed by atoms with Crippen LogP contribution in [0.1, 0.15) is 48.5 Å². The van der Waals surface area contributed by atoms with Crippen molar-refractivity contribution in [2.75, 3.05) is 19.8 Å². The molecule has 3 aliphatic rings. The van der Waals surface area contributed by atoms with E-state index in [4.69, 9.17) is 23.7 Å². The molecule has 12 heteroatoms. The van der Waals surface area contributed by atoms with Crippen LogP contribution in [0.25, 0.3) is 0 Å². The van der Waals surface area contributed by atoms with Crippen LogP contribution in [-0.4, -0.2) is 95.6 Å². The summed E-state index contributed by atoms with van der Waals surface area (Å²) in [5.41, 5.74) is 0. The molecule has 6 unspecified atom stereocenters. The zero-order chi connectivity index (χ0) is 25.3. The Morgan fingerprint density at radius 2 is 0.892 bits per heavy atom. The van der Waals surface area contributed by atoms with Gasteiger partial charge < -0.3 is 44.1 Å². The molecule has 0 aliphatic carbocycles. The zero-order valence-corrected chi connectivity index (χ0v) is 37.6. The number of rotatable bonds is 7. The van der Waals surface area contributed by atoms with E-state index in [-0.39, 0.29) is 200 Å². The van der Waals surface area contributed by atoms with E-state index in [1.807, 2.05) is 34.6 Å². The molecule has 3 fully saturated rings. The van der Waals surface area contributed by atoms with Crippen LogP contribution < -0.4 is 0 Å². The van der Waals surface area contributed by atoms with Gasteiger partial charge in [0.1, 0.15) is 18.3 Å². The molecule has 3 heterocycles. The van der Waals surface area contributed by atoms with Crippen molar-refractivity contribution in [1.29, 1.82) is 0 Å². The van der Waals surface area contributed by atoms with Crippen molar-refractivity contribution in [3.05, 3.63) is 0 Å². The minimum absolute atomic E-state index is 0. The van der Waals surface area contributed by atoms with E-state index < -0.39 is 43.1 Å². The fourth-order valence-electron chi connectivity index (χ4n) is 5.57. The summed E-state index contributed by atoms with van der Waals surface area (Å²) in [5, 5.41) is 40.0. The van der Waals surface area contributed by atoms with Gasteiger partial charge in [0.2, 0.25) is 0 Å². The van der Waals surface area contributed by atoms with Gasteiger partial charge in [0.25, 0.3) is 0 Å². The second-order valence-electron chi connectivity index (χ2n) is 10.9. The summed E-state index contributed by atoms with van der Waals surface area (Å²) in [5.74, 6) is 0.0886. The first-order chi connectivity index (χ1) is 16.0. The van der Waals surface area contributed by atoms with Crippen LogP contribution in [0.5, 0.6) is 0 Å². The summed E-state index contributed by atoms with van der Waals surface area (Å²) in [6, 6.07) is 0. The molecule has 37 heavy (non-hydrogen) atoms. The third-order valence-electron chi connectivity index (χ3n) is 8.91. The summed E-state index contributed by atoms with van der Waals surface area (Å²) in [6.07, 6.45) is -4.55. The predicted molar refractivity (Wildman–Crippen MR) is 124 cm³/mol. The molecule has 15 atom stereocenters. The van der Waals surface area contributed by atoms with Crippen molar-refractivity contribution >= 4 is 0 Å². The van der Waals surface area contributed by atoms with Gasteiger partial charge in [-0.25, -0.2) is 0 Å². The molecule has 3 rings (SSSR count). The van der Waals surface area contributed by atoms with E-state index in [1.165, 1.54) is 0 Å². The van der Waals surface area contributed by atoms with E-state index in [0.717, 1.165) is 0 Å². The predicted octanol–water partition coefficient (Wildman–Crippen LogP) is 1.15. The van der Waals surface area contributed by atoms with E-state index >= 15 is 0 Å². The van der Waals surface area contributed by atoms with Crippen LogP contribution in [0, 0.1) is 168 Å². The van der Waals surface area contributed by atoms with E-state index in [2.05, 4.69) is 13.8 Å². The third-order valence-corrected chi connectivity index (χ3v) is 8.91. The average Bonchev–Trinajstić information content (AvgIpc) is 2.83. The number of ether oxygens (including phenoxy) is 5. The normalized spacial score (nSPS) is 48.2. The Balaban J connectivity index is 0.00000432. The van der Waals surface area contributed by atoms with Crippen molar-refractivity contribution in [2.24, 2.45) is 35.5 Å². The van der Waals surface area contributed by atoms with Crippen molar-refractivity contribution in [2.45, 2.75) is 104 Å². The van der Waals surface area contributed by atoms with E-state index in [1.54, 1.807) is 0 Å². The van der Waals surface area contributed by atoms with Crippen molar-refractivity contribution < 1.29 is 176 Å². The van der Waals surface area contributed by atoms with Crippen LogP contribution in [0.15, 0.2) is 0 Å². The first-order valence-corrected chi connectivity index (χ1v) is 12.8. The summed E-state index contributed by atoms with van der Waals surface area (Å²) >= 11 is 0. The molecule has 4 N–H and O–H groups in total. The molecular weight excluding hydrogens is 1130 g/mol. The van der Waals surface area contributed by atoms with Gasteiger partial charge in [0.05, 0.1) is 44.2 Å². The average molecular weight is 1170 g/mol. The maximum atomic E-state index is 10.4. The van der Waals surface area contributed by atoms with Gasteiger partial charge in [-0.05, 0) is 30.6 Å². The molecule has 0 spiro atoms. The van der Waals surface area contributed by atoms with Crippen LogP contribution in [0.3, 0.4) is 0 Å². The number of hydrogen-bond donors (Lipinski definition) is 4. The smallest absolute Gasteiger partial charge is 0.161 e. The SMILES string of the molecule is CC1[C@H](O[C@H]2C(CO)O[C@@H](O[C@H]3C(CO)O[C@@H](C)C(C)[C@H]3C)C(C)[C@H]2C)OC(CO)[C@H](O)[C@@H]1C.[Ac].[Ac].[Ac]. The first-order valence-electron chi connectivity index (χ1n) is 12.8. The van der Waals surface area contributed by atoms with Gasteiger partial charge in [-0.2, -0.15) is 0 Å². The summed E-state index contributed by atoms with van der Waals surface area (Å²) in [4.78, 5) is 0. The molecule has 0 aromatic heterocycles. The molecule has 0 saturated carbocycles. The molecule has 0 aromatic rings. The summed E-state index contributed by atoms with van der Waals surface area (Å²) in [6.45, 7) is 13.5. The molecule has 9 nitrogen and oxygen atoms in total. The Morgan fingerprint density at radius 1 is 0.514 bits per heavy atom. The molecule has 3 saturated heterocycles. The van der Waals surface area contributed by atoms with Gasteiger partial charge in [0, 0.05) is 144 Å². The Kier molecular flexibility index (Phi) is 20.7. The van der Waals surface area contributed by atoms with Gasteiger partial charge in [0.15, 0.2) is 12.6 Å². The van der Waals surface area contributed by atoms with Gasteiger partial charge >= 0.3 is 0 Å². The maximum Gasteiger partial charge on any atom is 0.161 e. The Morgan fingerprint density at radius 3 is 1.35 bits per heavy atom. The topological polar surface area (TPSA) is 127 Å². The minimum Gasteiger partial charge on any atom is -0.394 e. The second kappa shape index (κ2) is 18.7. The van der Waals surface area contributed by atoms with Gasteiger partial charge in [-0.15, -0.1) is 0 Å². The molecule has 3 radical (unpaired) electrons. The molecule has 209 valence electrons. The fourth-order valence-corrected chi connectivity index (χ4v) is 5.57. The first kappa shape index (κ1) is 41.0. The summed E-state index contributed by atoms with van der Waals surface area (Å²) in [7, 11) is 0. The van der Waals surface area contributed by atoms with Crippen molar-refractivity contribution in [1.82, 2.24) is 0 Å². The van der Waals surface area contributed by atoms with Crippen molar-refractivity contribution in [3.63, 3.8) is 0 Å². The minimum atomic E-state index is -0.769. The second-order valence-corrected chi connectivity index (χ2v) is 10.9.